The van der Waals surface area contributed by atoms with E-state index in [4.69, 9.17) is 23.2 Å². The molecule has 1 heterocycles. The fourth-order valence-corrected chi connectivity index (χ4v) is 5.66. The summed E-state index contributed by atoms with van der Waals surface area (Å²) < 4.78 is 27.9. The molecule has 1 aliphatic heterocycles. The van der Waals surface area contributed by atoms with Gasteiger partial charge in [0, 0.05) is 54.0 Å². The minimum atomic E-state index is -4.02. The SMILES string of the molecule is CN1CCN(C(=O)c2ccc(NC(=O)CN(Cc3ccc(Cl)cc3)S(=O)(=O)c3ccc(Cl)cc3)cc2)CC1. The molecular weight excluding hydrogens is 547 g/mol. The van der Waals surface area contributed by atoms with Crippen LogP contribution < -0.4 is 5.32 Å². The zero-order chi connectivity index (χ0) is 27.3. The van der Waals surface area contributed by atoms with E-state index in [-0.39, 0.29) is 17.3 Å². The van der Waals surface area contributed by atoms with Gasteiger partial charge in [0.05, 0.1) is 11.4 Å². The average Bonchev–Trinajstić information content (AvgIpc) is 2.90. The fraction of sp³-hybridized carbons (Fsp3) is 0.259. The lowest BCUT2D eigenvalue weighted by Gasteiger charge is -2.32. The number of rotatable bonds is 8. The summed E-state index contributed by atoms with van der Waals surface area (Å²) in [5.41, 5.74) is 1.66. The van der Waals surface area contributed by atoms with Crippen molar-refractivity contribution in [2.45, 2.75) is 11.4 Å². The van der Waals surface area contributed by atoms with Crippen molar-refractivity contribution in [3.63, 3.8) is 0 Å². The van der Waals surface area contributed by atoms with Gasteiger partial charge in [-0.25, -0.2) is 8.42 Å². The number of benzene rings is 3. The van der Waals surface area contributed by atoms with Gasteiger partial charge in [-0.3, -0.25) is 9.59 Å². The number of likely N-dealkylation sites (N-methyl/N-ethyl adjacent to an activating group) is 1. The predicted molar refractivity (Wildman–Crippen MR) is 149 cm³/mol. The molecule has 0 spiro atoms. The molecule has 0 saturated carbocycles. The molecular formula is C27H28Cl2N4O4S. The van der Waals surface area contributed by atoms with Crippen molar-refractivity contribution in [1.82, 2.24) is 14.1 Å². The third kappa shape index (κ3) is 7.12. The van der Waals surface area contributed by atoms with E-state index in [0.29, 0.717) is 39.9 Å². The van der Waals surface area contributed by atoms with E-state index in [1.807, 2.05) is 11.9 Å². The van der Waals surface area contributed by atoms with Crippen LogP contribution in [0.1, 0.15) is 15.9 Å². The first-order valence-electron chi connectivity index (χ1n) is 12.0. The Morgan fingerprint density at radius 2 is 1.39 bits per heavy atom. The number of anilines is 1. The highest BCUT2D eigenvalue weighted by Gasteiger charge is 2.27. The third-order valence-corrected chi connectivity index (χ3v) is 8.56. The van der Waals surface area contributed by atoms with Gasteiger partial charge in [-0.2, -0.15) is 4.31 Å². The summed E-state index contributed by atoms with van der Waals surface area (Å²) in [4.78, 5) is 29.7. The summed E-state index contributed by atoms with van der Waals surface area (Å²) >= 11 is 11.9. The Morgan fingerprint density at radius 3 is 1.97 bits per heavy atom. The maximum atomic E-state index is 13.4. The van der Waals surface area contributed by atoms with E-state index in [1.54, 1.807) is 48.5 Å². The standard InChI is InChI=1S/C27H28Cl2N4O4S/c1-31-14-16-32(17-15-31)27(35)21-4-10-24(11-5-21)30-26(34)19-33(18-20-2-6-22(28)7-3-20)38(36,37)25-12-8-23(29)9-13-25/h2-13H,14-19H2,1H3,(H,30,34). The highest BCUT2D eigenvalue weighted by molar-refractivity contribution is 7.89. The van der Waals surface area contributed by atoms with Gasteiger partial charge >= 0.3 is 0 Å². The lowest BCUT2D eigenvalue weighted by Crippen LogP contribution is -2.47. The Morgan fingerprint density at radius 1 is 0.842 bits per heavy atom. The lowest BCUT2D eigenvalue weighted by molar-refractivity contribution is -0.116. The summed E-state index contributed by atoms with van der Waals surface area (Å²) in [7, 11) is -2.00. The third-order valence-electron chi connectivity index (χ3n) is 6.25. The van der Waals surface area contributed by atoms with Gasteiger partial charge in [0.25, 0.3) is 5.91 Å². The molecule has 4 rings (SSSR count). The van der Waals surface area contributed by atoms with Gasteiger partial charge < -0.3 is 15.1 Å². The number of sulfonamides is 1. The Kier molecular flexibility index (Phi) is 9.07. The number of carbonyl (C=O) groups excluding carboxylic acids is 2. The topological polar surface area (TPSA) is 90.0 Å². The number of nitrogens with zero attached hydrogens (tertiary/aromatic N) is 3. The van der Waals surface area contributed by atoms with Crippen molar-refractivity contribution in [1.29, 1.82) is 0 Å². The van der Waals surface area contributed by atoms with Crippen LogP contribution in [0.4, 0.5) is 5.69 Å². The first-order chi connectivity index (χ1) is 18.1. The number of halogens is 2. The van der Waals surface area contributed by atoms with Crippen LogP contribution in [0.25, 0.3) is 0 Å². The quantitative estimate of drug-likeness (QED) is 0.435. The molecule has 3 aromatic carbocycles. The summed E-state index contributed by atoms with van der Waals surface area (Å²) in [6.07, 6.45) is 0. The average molecular weight is 576 g/mol. The first-order valence-corrected chi connectivity index (χ1v) is 14.2. The number of amides is 2. The van der Waals surface area contributed by atoms with Gasteiger partial charge in [-0.1, -0.05) is 35.3 Å². The molecule has 0 bridgehead atoms. The number of piperazine rings is 1. The first kappa shape index (κ1) is 28.1. The van der Waals surface area contributed by atoms with Crippen LogP contribution >= 0.6 is 23.2 Å². The Balaban J connectivity index is 1.47. The molecule has 0 atom stereocenters. The van der Waals surface area contributed by atoms with Crippen molar-refractivity contribution < 1.29 is 18.0 Å². The minimum Gasteiger partial charge on any atom is -0.336 e. The molecule has 2 amide bonds. The molecule has 8 nitrogen and oxygen atoms in total. The molecule has 11 heteroatoms. The molecule has 1 N–H and O–H groups in total. The summed E-state index contributed by atoms with van der Waals surface area (Å²) in [5, 5.41) is 3.66. The Bertz CT molecular complexity index is 1370. The van der Waals surface area contributed by atoms with Crippen molar-refractivity contribution in [2.24, 2.45) is 0 Å². The van der Waals surface area contributed by atoms with Crippen LogP contribution in [-0.2, 0) is 21.4 Å². The van der Waals surface area contributed by atoms with Crippen LogP contribution in [0.3, 0.4) is 0 Å². The fourth-order valence-electron chi connectivity index (χ4n) is 4.02. The predicted octanol–water partition coefficient (Wildman–Crippen LogP) is 4.21. The number of carbonyl (C=O) groups is 2. The zero-order valence-electron chi connectivity index (χ0n) is 20.8. The van der Waals surface area contributed by atoms with Crippen molar-refractivity contribution in [2.75, 3.05) is 45.1 Å². The molecule has 3 aromatic rings. The second kappa shape index (κ2) is 12.3. The monoisotopic (exact) mass is 574 g/mol. The summed E-state index contributed by atoms with van der Waals surface area (Å²) in [5.74, 6) is -0.575. The number of nitrogens with one attached hydrogen (secondary N) is 1. The molecule has 1 fully saturated rings. The largest absolute Gasteiger partial charge is 0.336 e. The molecule has 0 aromatic heterocycles. The highest BCUT2D eigenvalue weighted by Crippen LogP contribution is 2.22. The van der Waals surface area contributed by atoms with Crippen molar-refractivity contribution in [3.8, 4) is 0 Å². The normalized spacial score (nSPS) is 14.5. The van der Waals surface area contributed by atoms with Crippen LogP contribution in [-0.4, -0.2) is 74.1 Å². The van der Waals surface area contributed by atoms with Crippen LogP contribution in [0.5, 0.6) is 0 Å². The molecule has 0 unspecified atom stereocenters. The smallest absolute Gasteiger partial charge is 0.253 e. The van der Waals surface area contributed by atoms with Gasteiger partial charge in [-0.05, 0) is 73.3 Å². The van der Waals surface area contributed by atoms with Crippen LogP contribution in [0.15, 0.2) is 77.7 Å². The van der Waals surface area contributed by atoms with E-state index in [0.717, 1.165) is 17.4 Å². The van der Waals surface area contributed by atoms with Crippen LogP contribution in [0.2, 0.25) is 10.0 Å². The molecule has 1 aliphatic rings. The minimum absolute atomic E-state index is 0.0236. The molecule has 1 saturated heterocycles. The highest BCUT2D eigenvalue weighted by atomic mass is 35.5. The van der Waals surface area contributed by atoms with E-state index in [9.17, 15) is 18.0 Å². The van der Waals surface area contributed by atoms with E-state index in [1.165, 1.54) is 24.3 Å². The van der Waals surface area contributed by atoms with E-state index < -0.39 is 22.5 Å². The molecule has 0 aliphatic carbocycles. The van der Waals surface area contributed by atoms with Gasteiger partial charge in [-0.15, -0.1) is 0 Å². The van der Waals surface area contributed by atoms with Gasteiger partial charge in [0.1, 0.15) is 0 Å². The Labute approximate surface area is 232 Å². The Hall–Kier alpha value is -2.95. The van der Waals surface area contributed by atoms with Crippen molar-refractivity contribution in [3.05, 3.63) is 94.0 Å². The van der Waals surface area contributed by atoms with E-state index >= 15 is 0 Å². The maximum Gasteiger partial charge on any atom is 0.253 e. The maximum absolute atomic E-state index is 13.4. The van der Waals surface area contributed by atoms with E-state index in [2.05, 4.69) is 10.2 Å². The molecule has 200 valence electrons. The second-order valence-corrected chi connectivity index (χ2v) is 11.9. The summed E-state index contributed by atoms with van der Waals surface area (Å²) in [6, 6.07) is 19.1. The number of hydrogen-bond acceptors (Lipinski definition) is 5. The van der Waals surface area contributed by atoms with Crippen LogP contribution in [0, 0.1) is 0 Å². The van der Waals surface area contributed by atoms with Crippen molar-refractivity contribution >= 4 is 50.7 Å². The number of hydrogen-bond donors (Lipinski definition) is 1. The van der Waals surface area contributed by atoms with Gasteiger partial charge in [0.2, 0.25) is 15.9 Å². The van der Waals surface area contributed by atoms with Gasteiger partial charge in [0.15, 0.2) is 0 Å². The summed E-state index contributed by atoms with van der Waals surface area (Å²) in [6.45, 7) is 2.53. The lowest BCUT2D eigenvalue weighted by atomic mass is 10.1. The molecule has 0 radical (unpaired) electrons. The zero-order valence-corrected chi connectivity index (χ0v) is 23.1. The molecule has 38 heavy (non-hydrogen) atoms. The second-order valence-electron chi connectivity index (χ2n) is 9.07.